The van der Waals surface area contributed by atoms with Crippen molar-refractivity contribution < 1.29 is 64.2 Å². The molecule has 0 unspecified atom stereocenters. The quantitative estimate of drug-likeness (QED) is 0.115. The molecular weight excluding hydrogens is 568 g/mol. The van der Waals surface area contributed by atoms with Crippen LogP contribution in [0.15, 0.2) is 0 Å². The molecule has 3 saturated heterocycles. The Morgan fingerprint density at radius 2 is 0.976 bits per heavy atom. The number of rotatable bonds is 9. The van der Waals surface area contributed by atoms with Gasteiger partial charge in [-0.15, -0.1) is 0 Å². The van der Waals surface area contributed by atoms with E-state index in [1.807, 2.05) is 0 Å². The monoisotopic (exact) mass is 614 g/mol. The van der Waals surface area contributed by atoms with Gasteiger partial charge in [0, 0.05) is 25.2 Å². The van der Waals surface area contributed by atoms with Crippen molar-refractivity contribution in [1.82, 2.24) is 0 Å². The average molecular weight is 615 g/mol. The lowest BCUT2D eigenvalue weighted by Gasteiger charge is -2.47. The van der Waals surface area contributed by atoms with Crippen LogP contribution in [0.4, 0.5) is 0 Å². The molecule has 19 nitrogen and oxygen atoms in total. The number of hydrogen-bond donors (Lipinski definition) is 13. The van der Waals surface area contributed by atoms with Gasteiger partial charge in [0.05, 0.1) is 24.8 Å². The van der Waals surface area contributed by atoms with Crippen molar-refractivity contribution in [2.24, 2.45) is 34.4 Å². The van der Waals surface area contributed by atoms with Crippen LogP contribution in [-0.4, -0.2) is 172 Å². The van der Waals surface area contributed by atoms with Crippen LogP contribution in [0.1, 0.15) is 6.42 Å². The van der Waals surface area contributed by atoms with Crippen molar-refractivity contribution in [3.63, 3.8) is 0 Å². The largest absolute Gasteiger partial charge is 0.394 e. The summed E-state index contributed by atoms with van der Waals surface area (Å²) < 4.78 is 34.6. The molecule has 0 spiro atoms. The van der Waals surface area contributed by atoms with Crippen molar-refractivity contribution in [3.05, 3.63) is 0 Å². The van der Waals surface area contributed by atoms with Crippen LogP contribution in [0, 0.1) is 0 Å². The van der Waals surface area contributed by atoms with Crippen molar-refractivity contribution in [2.75, 3.05) is 19.7 Å². The van der Waals surface area contributed by atoms with Crippen LogP contribution in [-0.2, 0) is 28.4 Å². The molecule has 4 aliphatic rings. The first-order valence-corrected chi connectivity index (χ1v) is 13.9. The third-order valence-electron chi connectivity index (χ3n) is 8.37. The summed E-state index contributed by atoms with van der Waals surface area (Å²) in [4.78, 5) is 0. The molecule has 1 aliphatic carbocycles. The van der Waals surface area contributed by atoms with E-state index in [1.165, 1.54) is 0 Å². The van der Waals surface area contributed by atoms with Gasteiger partial charge in [-0.3, -0.25) is 0 Å². The molecule has 1 saturated carbocycles. The normalized spacial score (nSPS) is 53.8. The van der Waals surface area contributed by atoms with E-state index < -0.39 is 123 Å². The lowest BCUT2D eigenvalue weighted by atomic mass is 9.84. The van der Waals surface area contributed by atoms with E-state index in [4.69, 9.17) is 62.8 Å². The second kappa shape index (κ2) is 14.1. The zero-order chi connectivity index (χ0) is 31.0. The van der Waals surface area contributed by atoms with Crippen molar-refractivity contribution in [1.29, 1.82) is 0 Å². The lowest BCUT2D eigenvalue weighted by molar-refractivity contribution is -0.306. The van der Waals surface area contributed by atoms with E-state index in [-0.39, 0.29) is 19.5 Å². The van der Waals surface area contributed by atoms with E-state index in [0.29, 0.717) is 0 Å². The molecule has 0 amide bonds. The number of aliphatic hydroxyl groups is 7. The van der Waals surface area contributed by atoms with Gasteiger partial charge in [0.2, 0.25) is 0 Å². The van der Waals surface area contributed by atoms with Gasteiger partial charge in [0.15, 0.2) is 18.9 Å². The molecule has 0 bridgehead atoms. The first-order chi connectivity index (χ1) is 19.8. The number of hydrogen-bond acceptors (Lipinski definition) is 19. The Morgan fingerprint density at radius 3 is 1.45 bits per heavy atom. The zero-order valence-electron chi connectivity index (χ0n) is 22.8. The summed E-state index contributed by atoms with van der Waals surface area (Å²) in [6.07, 6.45) is -19.8. The van der Waals surface area contributed by atoms with Crippen LogP contribution in [0.25, 0.3) is 0 Å². The van der Waals surface area contributed by atoms with E-state index in [2.05, 4.69) is 0 Å². The zero-order valence-corrected chi connectivity index (χ0v) is 22.8. The molecule has 19 N–H and O–H groups in total. The maximum Gasteiger partial charge on any atom is 0.187 e. The summed E-state index contributed by atoms with van der Waals surface area (Å²) in [5.74, 6) is 0. The molecule has 19 heteroatoms. The number of aliphatic hydroxyl groups excluding tert-OH is 7. The first kappa shape index (κ1) is 34.1. The summed E-state index contributed by atoms with van der Waals surface area (Å²) in [7, 11) is 0. The Hall–Kier alpha value is -0.760. The predicted molar refractivity (Wildman–Crippen MR) is 138 cm³/mol. The highest BCUT2D eigenvalue weighted by Crippen LogP contribution is 2.34. The minimum atomic E-state index is -1.60. The maximum atomic E-state index is 11.1. The molecule has 246 valence electrons. The van der Waals surface area contributed by atoms with E-state index in [0.717, 1.165) is 0 Å². The third kappa shape index (κ3) is 6.60. The van der Waals surface area contributed by atoms with Gasteiger partial charge in [-0.05, 0) is 6.42 Å². The van der Waals surface area contributed by atoms with E-state index >= 15 is 0 Å². The van der Waals surface area contributed by atoms with E-state index in [9.17, 15) is 35.7 Å². The third-order valence-corrected chi connectivity index (χ3v) is 8.37. The molecule has 4 fully saturated rings. The van der Waals surface area contributed by atoms with Gasteiger partial charge in [0.25, 0.3) is 0 Å². The fourth-order valence-electron chi connectivity index (χ4n) is 5.74. The van der Waals surface area contributed by atoms with Crippen LogP contribution in [0.2, 0.25) is 0 Å². The topological polar surface area (TPSA) is 353 Å². The molecule has 3 heterocycles. The SMILES string of the molecule is NC[C@@H]1O[C@H](O[C@H]2[C@H](O[C@@H]3O[C@H](CO)[C@@H](O[C@H]4O[C@@H](CN)[C@@H](O)[C@@H](O)[C@H]4N)[C@H]3O)[C@H](O)[C@H](N)C[C@H]2N)[C@H](N)[C@H](O)[C@@H]1O. The summed E-state index contributed by atoms with van der Waals surface area (Å²) in [5, 5.41) is 73.0. The Kier molecular flexibility index (Phi) is 11.5. The molecule has 3 aliphatic heterocycles. The van der Waals surface area contributed by atoms with Crippen LogP contribution < -0.4 is 34.4 Å². The van der Waals surface area contributed by atoms with E-state index in [1.54, 1.807) is 0 Å². The second-order valence-corrected chi connectivity index (χ2v) is 11.2. The first-order valence-electron chi connectivity index (χ1n) is 13.9. The van der Waals surface area contributed by atoms with Gasteiger partial charge < -0.3 is 98.6 Å². The Bertz CT molecular complexity index is 868. The van der Waals surface area contributed by atoms with Crippen LogP contribution in [0.3, 0.4) is 0 Å². The number of ether oxygens (including phenoxy) is 6. The molecule has 0 aromatic rings. The lowest BCUT2D eigenvalue weighted by Crippen LogP contribution is -2.68. The van der Waals surface area contributed by atoms with Gasteiger partial charge in [-0.25, -0.2) is 0 Å². The van der Waals surface area contributed by atoms with Crippen molar-refractivity contribution >= 4 is 0 Å². The standard InChI is InChI=1S/C23H46N6O13/c24-2-7-13(32)15(34)10(28)21(37-7)40-18-6(27)1-5(26)12(31)20(18)42-23-17(36)19(9(4-30)39-23)41-22-11(29)16(35)14(33)8(3-25)38-22/h5-23,30-36H,1-4,24-29H2/t5-,6-,7+,8+,9-,10-,11-,12-,13-,14-,15+,16+,17-,18-,19-,20-,21-,22-,23+/m1/s1. The highest BCUT2D eigenvalue weighted by molar-refractivity contribution is 5.02. The van der Waals surface area contributed by atoms with Gasteiger partial charge in [0.1, 0.15) is 67.1 Å². The van der Waals surface area contributed by atoms with Gasteiger partial charge >= 0.3 is 0 Å². The summed E-state index contributed by atoms with van der Waals surface area (Å²) in [6, 6.07) is -4.18. The molecule has 0 aromatic carbocycles. The fourth-order valence-corrected chi connectivity index (χ4v) is 5.74. The molecule has 42 heavy (non-hydrogen) atoms. The summed E-state index contributed by atoms with van der Waals surface area (Å²) in [6.45, 7) is -0.967. The highest BCUT2D eigenvalue weighted by Gasteiger charge is 2.54. The molecular formula is C23H46N6O13. The fraction of sp³-hybridized carbons (Fsp3) is 1.00. The highest BCUT2D eigenvalue weighted by atomic mass is 16.8. The molecule has 0 radical (unpaired) electrons. The van der Waals surface area contributed by atoms with Crippen molar-refractivity contribution in [3.8, 4) is 0 Å². The summed E-state index contributed by atoms with van der Waals surface area (Å²) >= 11 is 0. The van der Waals surface area contributed by atoms with Crippen LogP contribution in [0.5, 0.6) is 0 Å². The Morgan fingerprint density at radius 1 is 0.524 bits per heavy atom. The maximum absolute atomic E-state index is 11.1. The number of nitrogens with two attached hydrogens (primary N) is 6. The Balaban J connectivity index is 1.50. The van der Waals surface area contributed by atoms with Crippen molar-refractivity contribution in [2.45, 2.75) is 123 Å². The minimum absolute atomic E-state index is 0.0889. The van der Waals surface area contributed by atoms with Crippen LogP contribution >= 0.6 is 0 Å². The second-order valence-electron chi connectivity index (χ2n) is 11.2. The van der Waals surface area contributed by atoms with Gasteiger partial charge in [-0.2, -0.15) is 0 Å². The smallest absolute Gasteiger partial charge is 0.187 e. The Labute approximate surface area is 241 Å². The molecule has 0 aromatic heterocycles. The molecule has 4 rings (SSSR count). The average Bonchev–Trinajstić information content (AvgIpc) is 3.27. The molecule has 19 atom stereocenters. The minimum Gasteiger partial charge on any atom is -0.394 e. The van der Waals surface area contributed by atoms with Gasteiger partial charge in [-0.1, -0.05) is 0 Å². The predicted octanol–water partition coefficient (Wildman–Crippen LogP) is -8.90. The summed E-state index contributed by atoms with van der Waals surface area (Å²) in [5.41, 5.74) is 35.6.